The number of nitrogens with zero attached hydrogens (tertiary/aromatic N) is 2. The van der Waals surface area contributed by atoms with Gasteiger partial charge in [0.05, 0.1) is 12.1 Å². The summed E-state index contributed by atoms with van der Waals surface area (Å²) in [5.74, 6) is 0.411. The molecule has 0 aliphatic carbocycles. The smallest absolute Gasteiger partial charge is 0.410 e. The van der Waals surface area contributed by atoms with E-state index in [1.165, 1.54) is 19.7 Å². The molecular weight excluding hydrogens is 332 g/mol. The topological polar surface area (TPSA) is 60.9 Å². The zero-order chi connectivity index (χ0) is 18.2. The first-order chi connectivity index (χ1) is 11.2. The van der Waals surface area contributed by atoms with E-state index in [0.717, 1.165) is 31.5 Å². The highest BCUT2D eigenvalue weighted by atomic mass is 35.5. The van der Waals surface area contributed by atoms with Gasteiger partial charge < -0.3 is 14.5 Å². The molecule has 0 radical (unpaired) electrons. The van der Waals surface area contributed by atoms with Crippen LogP contribution in [0.2, 0.25) is 5.02 Å². The minimum Gasteiger partial charge on any atom is -0.444 e. The number of carbonyl (C=O) groups excluding carboxylic acids is 1. The number of likely N-dealkylation sites (tertiary alicyclic amines) is 1. The second-order valence-electron chi connectivity index (χ2n) is 6.55. The molecule has 24 heavy (non-hydrogen) atoms. The Hall–Kier alpha value is -1.53. The molecule has 1 amide bonds. The lowest BCUT2D eigenvalue weighted by molar-refractivity contribution is -0.181. The normalized spacial score (nSPS) is 14.5. The molecule has 7 heteroatoms. The first kappa shape index (κ1) is 20.5. The number of hydrogen-bond donors (Lipinski definition) is 0. The summed E-state index contributed by atoms with van der Waals surface area (Å²) >= 11 is 5.72. The number of carbonyl (C=O) groups is 1. The number of rotatable bonds is 2. The van der Waals surface area contributed by atoms with Crippen LogP contribution in [0, 0.1) is 6.92 Å². The van der Waals surface area contributed by atoms with Crippen molar-refractivity contribution in [2.24, 2.45) is 0 Å². The zero-order valence-electron chi connectivity index (χ0n) is 15.1. The van der Waals surface area contributed by atoms with E-state index < -0.39 is 0 Å². The third-order valence-electron chi connectivity index (χ3n) is 3.20. The van der Waals surface area contributed by atoms with E-state index in [-0.39, 0.29) is 11.7 Å². The summed E-state index contributed by atoms with van der Waals surface area (Å²) in [6.45, 7) is 9.27. The van der Waals surface area contributed by atoms with Gasteiger partial charge in [-0.05, 0) is 52.5 Å². The Balaban J connectivity index is 0.000000243. The first-order valence-corrected chi connectivity index (χ1v) is 8.41. The van der Waals surface area contributed by atoms with Crippen LogP contribution in [0.15, 0.2) is 12.3 Å². The van der Waals surface area contributed by atoms with Crippen LogP contribution in [0.1, 0.15) is 45.6 Å². The van der Waals surface area contributed by atoms with Crippen molar-refractivity contribution in [3.05, 3.63) is 22.8 Å². The van der Waals surface area contributed by atoms with Crippen LogP contribution >= 0.6 is 11.6 Å². The number of aryl methyl sites for hydroxylation is 1. The fourth-order valence-electron chi connectivity index (χ4n) is 2.05. The van der Waals surface area contributed by atoms with E-state index in [0.29, 0.717) is 10.9 Å². The Kier molecular flexibility index (Phi) is 8.28. The number of aromatic nitrogens is 1. The van der Waals surface area contributed by atoms with Gasteiger partial charge in [-0.3, -0.25) is 0 Å². The van der Waals surface area contributed by atoms with E-state index in [2.05, 4.69) is 14.8 Å². The van der Waals surface area contributed by atoms with Crippen LogP contribution in [0.4, 0.5) is 4.79 Å². The molecule has 0 atom stereocenters. The molecular formula is C17H27ClN2O4. The third kappa shape index (κ3) is 7.84. The predicted molar refractivity (Wildman–Crippen MR) is 93.3 cm³/mol. The van der Waals surface area contributed by atoms with Crippen LogP contribution in [0.25, 0.3) is 0 Å². The Morgan fingerprint density at radius 2 is 1.88 bits per heavy atom. The highest BCUT2D eigenvalue weighted by Crippen LogP contribution is 2.17. The van der Waals surface area contributed by atoms with Gasteiger partial charge in [0.25, 0.3) is 5.88 Å². The fourth-order valence-corrected chi connectivity index (χ4v) is 2.15. The molecule has 1 aromatic rings. The average molecular weight is 359 g/mol. The number of hydrogen-bond acceptors (Lipinski definition) is 5. The number of piperidine rings is 1. The highest BCUT2D eigenvalue weighted by molar-refractivity contribution is 6.31. The largest absolute Gasteiger partial charge is 0.444 e. The van der Waals surface area contributed by atoms with Crippen molar-refractivity contribution in [2.75, 3.05) is 20.2 Å². The second-order valence-corrected chi connectivity index (χ2v) is 6.96. The van der Waals surface area contributed by atoms with Crippen molar-refractivity contribution in [3.63, 3.8) is 0 Å². The Morgan fingerprint density at radius 1 is 1.25 bits per heavy atom. The van der Waals surface area contributed by atoms with Gasteiger partial charge in [0.2, 0.25) is 0 Å². The maximum atomic E-state index is 11.5. The molecule has 1 aliphatic heterocycles. The van der Waals surface area contributed by atoms with Crippen molar-refractivity contribution < 1.29 is 19.3 Å². The lowest BCUT2D eigenvalue weighted by atomic mass is 10.1. The van der Waals surface area contributed by atoms with Gasteiger partial charge in [-0.2, -0.15) is 4.89 Å². The Morgan fingerprint density at radius 3 is 2.38 bits per heavy atom. The standard InChI is InChI=1S/C10H19NO2.C7H8ClNO2/c1-10(2,3)13-9(12)11-7-5-4-6-8-11;1-5-3-7(11-10-2)9-4-6(5)8/h4-8H2,1-3H3;3-4H,1-2H3. The lowest BCUT2D eigenvalue weighted by Gasteiger charge is -2.29. The van der Waals surface area contributed by atoms with Gasteiger partial charge in [-0.1, -0.05) is 11.6 Å². The van der Waals surface area contributed by atoms with Crippen LogP contribution < -0.4 is 4.89 Å². The van der Waals surface area contributed by atoms with Gasteiger partial charge in [-0.15, -0.1) is 0 Å². The van der Waals surface area contributed by atoms with Crippen molar-refractivity contribution >= 4 is 17.7 Å². The maximum absolute atomic E-state index is 11.5. The van der Waals surface area contributed by atoms with Gasteiger partial charge in [-0.25, -0.2) is 9.78 Å². The molecule has 2 rings (SSSR count). The number of ether oxygens (including phenoxy) is 1. The van der Waals surface area contributed by atoms with Gasteiger partial charge in [0.1, 0.15) is 5.60 Å². The van der Waals surface area contributed by atoms with Crippen molar-refractivity contribution in [2.45, 2.75) is 52.6 Å². The summed E-state index contributed by atoms with van der Waals surface area (Å²) in [6.07, 6.45) is 4.82. The summed E-state index contributed by atoms with van der Waals surface area (Å²) < 4.78 is 5.26. The monoisotopic (exact) mass is 358 g/mol. The van der Waals surface area contributed by atoms with Gasteiger partial charge in [0, 0.05) is 25.4 Å². The van der Waals surface area contributed by atoms with E-state index in [1.54, 1.807) is 11.0 Å². The van der Waals surface area contributed by atoms with Crippen LogP contribution in [0.5, 0.6) is 5.88 Å². The first-order valence-electron chi connectivity index (χ1n) is 8.03. The molecule has 1 fully saturated rings. The van der Waals surface area contributed by atoms with Crippen LogP contribution in [-0.4, -0.2) is 41.8 Å². The molecule has 0 saturated carbocycles. The molecule has 1 saturated heterocycles. The average Bonchev–Trinajstić information content (AvgIpc) is 2.51. The molecule has 1 aromatic heterocycles. The summed E-state index contributed by atoms with van der Waals surface area (Å²) in [5, 5.41) is 0.619. The Labute approximate surface area is 149 Å². The van der Waals surface area contributed by atoms with E-state index in [9.17, 15) is 4.79 Å². The minimum absolute atomic E-state index is 0.160. The molecule has 6 nitrogen and oxygen atoms in total. The van der Waals surface area contributed by atoms with Crippen molar-refractivity contribution in [3.8, 4) is 5.88 Å². The molecule has 136 valence electrons. The molecule has 0 aromatic carbocycles. The molecule has 1 aliphatic rings. The second kappa shape index (κ2) is 9.69. The number of pyridine rings is 1. The summed E-state index contributed by atoms with van der Waals surface area (Å²) in [5.41, 5.74) is 0.544. The predicted octanol–water partition coefficient (Wildman–Crippen LogP) is 4.39. The summed E-state index contributed by atoms with van der Waals surface area (Å²) in [6, 6.07) is 1.70. The van der Waals surface area contributed by atoms with Crippen LogP contribution in [0.3, 0.4) is 0 Å². The van der Waals surface area contributed by atoms with E-state index >= 15 is 0 Å². The van der Waals surface area contributed by atoms with Gasteiger partial charge >= 0.3 is 6.09 Å². The number of amides is 1. The molecule has 0 spiro atoms. The van der Waals surface area contributed by atoms with E-state index in [1.807, 2.05) is 27.7 Å². The van der Waals surface area contributed by atoms with Crippen molar-refractivity contribution in [1.29, 1.82) is 0 Å². The maximum Gasteiger partial charge on any atom is 0.410 e. The Bertz CT molecular complexity index is 526. The van der Waals surface area contributed by atoms with Crippen molar-refractivity contribution in [1.82, 2.24) is 9.88 Å². The quantitative estimate of drug-likeness (QED) is 0.579. The van der Waals surface area contributed by atoms with Gasteiger partial charge in [0.15, 0.2) is 0 Å². The molecule has 2 heterocycles. The number of halogens is 1. The zero-order valence-corrected chi connectivity index (χ0v) is 15.9. The van der Waals surface area contributed by atoms with E-state index in [4.69, 9.17) is 16.3 Å². The van der Waals surface area contributed by atoms with Crippen LogP contribution in [-0.2, 0) is 9.62 Å². The highest BCUT2D eigenvalue weighted by Gasteiger charge is 2.22. The molecule has 0 bridgehead atoms. The SMILES string of the molecule is CC(C)(C)OC(=O)N1CCCCC1.COOc1cc(C)c(Cl)cn1. The molecule has 0 unspecified atom stereocenters. The summed E-state index contributed by atoms with van der Waals surface area (Å²) in [4.78, 5) is 26.3. The fraction of sp³-hybridized carbons (Fsp3) is 0.647. The summed E-state index contributed by atoms with van der Waals surface area (Å²) in [7, 11) is 1.42. The molecule has 0 N–H and O–H groups in total. The lowest BCUT2D eigenvalue weighted by Crippen LogP contribution is -2.39. The third-order valence-corrected chi connectivity index (χ3v) is 3.59. The minimum atomic E-state index is -0.367.